The predicted octanol–water partition coefficient (Wildman–Crippen LogP) is 3.44. The van der Waals surface area contributed by atoms with Gasteiger partial charge in [-0.3, -0.25) is 4.90 Å². The van der Waals surface area contributed by atoms with Crippen LogP contribution in [0, 0.1) is 5.82 Å². The van der Waals surface area contributed by atoms with Gasteiger partial charge in [0, 0.05) is 29.7 Å². The third-order valence-electron chi connectivity index (χ3n) is 5.19. The lowest BCUT2D eigenvalue weighted by Gasteiger charge is -2.30. The molecule has 2 heterocycles. The van der Waals surface area contributed by atoms with Gasteiger partial charge in [-0.15, -0.1) is 0 Å². The molecule has 3 N–H and O–H groups in total. The summed E-state index contributed by atoms with van der Waals surface area (Å²) in [4.78, 5) is 11.3. The number of halogens is 1. The number of rotatable bonds is 5. The van der Waals surface area contributed by atoms with Crippen molar-refractivity contribution < 1.29 is 9.13 Å². The number of nitrogens with zero attached hydrogens (tertiary/aromatic N) is 3. The number of benzene rings is 2. The van der Waals surface area contributed by atoms with Gasteiger partial charge in [-0.1, -0.05) is 12.1 Å². The van der Waals surface area contributed by atoms with Crippen molar-refractivity contribution in [2.75, 3.05) is 25.5 Å². The summed E-state index contributed by atoms with van der Waals surface area (Å²) in [6.45, 7) is 2.80. The molecule has 0 saturated carbocycles. The molecule has 1 aromatic heterocycles. The average molecular weight is 381 g/mol. The van der Waals surface area contributed by atoms with Gasteiger partial charge in [-0.2, -0.15) is 0 Å². The minimum atomic E-state index is -0.399. The van der Waals surface area contributed by atoms with Crippen molar-refractivity contribution in [2.45, 2.75) is 25.4 Å². The smallest absolute Gasteiger partial charge is 0.165 e. The Bertz CT molecular complexity index is 967. The molecule has 0 radical (unpaired) electrons. The van der Waals surface area contributed by atoms with Crippen molar-refractivity contribution in [3.63, 3.8) is 0 Å². The molecule has 7 heteroatoms. The molecule has 1 aliphatic heterocycles. The highest BCUT2D eigenvalue weighted by atomic mass is 19.1. The number of fused-ring (bicyclic) bond motifs is 1. The van der Waals surface area contributed by atoms with Crippen LogP contribution in [0.5, 0.6) is 5.75 Å². The van der Waals surface area contributed by atoms with Crippen LogP contribution in [-0.4, -0.2) is 41.1 Å². The monoisotopic (exact) mass is 381 g/mol. The van der Waals surface area contributed by atoms with Crippen molar-refractivity contribution in [1.82, 2.24) is 14.9 Å². The lowest BCUT2D eigenvalue weighted by Crippen LogP contribution is -2.39. The molecule has 4 rings (SSSR count). The van der Waals surface area contributed by atoms with Gasteiger partial charge < -0.3 is 15.8 Å². The zero-order valence-corrected chi connectivity index (χ0v) is 15.9. The van der Waals surface area contributed by atoms with E-state index in [9.17, 15) is 4.39 Å². The van der Waals surface area contributed by atoms with Gasteiger partial charge in [0.1, 0.15) is 12.1 Å². The molecule has 146 valence electrons. The third-order valence-corrected chi connectivity index (χ3v) is 5.19. The Morgan fingerprint density at radius 1 is 1.21 bits per heavy atom. The number of piperidine rings is 1. The van der Waals surface area contributed by atoms with E-state index in [1.165, 1.54) is 19.5 Å². The Labute approximate surface area is 163 Å². The van der Waals surface area contributed by atoms with Crippen LogP contribution in [0.3, 0.4) is 0 Å². The summed E-state index contributed by atoms with van der Waals surface area (Å²) in [5.74, 6) is 0.487. The van der Waals surface area contributed by atoms with Crippen LogP contribution in [0.15, 0.2) is 42.7 Å². The van der Waals surface area contributed by atoms with E-state index < -0.39 is 5.82 Å². The third kappa shape index (κ3) is 3.90. The molecular weight excluding hydrogens is 357 g/mol. The topological polar surface area (TPSA) is 76.3 Å². The first-order valence-corrected chi connectivity index (χ1v) is 9.45. The van der Waals surface area contributed by atoms with Gasteiger partial charge in [0.2, 0.25) is 0 Å². The number of hydrogen-bond acceptors (Lipinski definition) is 6. The molecule has 6 nitrogen and oxygen atoms in total. The highest BCUT2D eigenvalue weighted by Crippen LogP contribution is 2.29. The number of anilines is 2. The normalized spacial score (nSPS) is 15.7. The number of nitrogens with one attached hydrogen (secondary N) is 1. The maximum absolute atomic E-state index is 13.7. The number of ether oxygens (including phenoxy) is 1. The second-order valence-corrected chi connectivity index (χ2v) is 7.12. The molecule has 1 aliphatic rings. The van der Waals surface area contributed by atoms with E-state index in [2.05, 4.69) is 26.3 Å². The minimum absolute atomic E-state index is 0.188. The fourth-order valence-electron chi connectivity index (χ4n) is 3.63. The Balaban J connectivity index is 1.67. The number of hydrogen-bond donors (Lipinski definition) is 2. The molecule has 0 spiro atoms. The van der Waals surface area contributed by atoms with Crippen LogP contribution in [-0.2, 0) is 6.54 Å². The van der Waals surface area contributed by atoms with Gasteiger partial charge in [-0.05, 0) is 49.7 Å². The summed E-state index contributed by atoms with van der Waals surface area (Å²) in [7, 11) is 1.45. The summed E-state index contributed by atoms with van der Waals surface area (Å²) in [5, 5.41) is 4.27. The van der Waals surface area contributed by atoms with Gasteiger partial charge in [0.05, 0.1) is 12.6 Å². The standard InChI is InChI=1S/C21H24FN5O/c1-28-19-11-16(5-6-17(19)22)26-21-20-14(3-2-4-18(20)24-13-25-21)12-27-9-7-15(23)8-10-27/h2-6,11,13,15H,7-10,12,23H2,1H3,(H,24,25,26). The molecule has 1 fully saturated rings. The van der Waals surface area contributed by atoms with Crippen molar-refractivity contribution in [3.05, 3.63) is 54.1 Å². The highest BCUT2D eigenvalue weighted by Gasteiger charge is 2.18. The highest BCUT2D eigenvalue weighted by molar-refractivity contribution is 5.93. The molecule has 1 saturated heterocycles. The number of nitrogens with two attached hydrogens (primary N) is 1. The Morgan fingerprint density at radius 3 is 2.82 bits per heavy atom. The largest absolute Gasteiger partial charge is 0.494 e. The molecule has 0 aliphatic carbocycles. The van der Waals surface area contributed by atoms with Crippen molar-refractivity contribution in [3.8, 4) is 5.75 Å². The SMILES string of the molecule is COc1cc(Nc2ncnc3cccc(CN4CCC(N)CC4)c23)ccc1F. The fraction of sp³-hybridized carbons (Fsp3) is 0.333. The molecule has 0 atom stereocenters. The second kappa shape index (κ2) is 8.08. The van der Waals surface area contributed by atoms with Crippen molar-refractivity contribution in [1.29, 1.82) is 0 Å². The summed E-state index contributed by atoms with van der Waals surface area (Å²) in [6, 6.07) is 11.1. The van der Waals surface area contributed by atoms with E-state index >= 15 is 0 Å². The van der Waals surface area contributed by atoms with Gasteiger partial charge >= 0.3 is 0 Å². The van der Waals surface area contributed by atoms with Crippen molar-refractivity contribution in [2.24, 2.45) is 5.73 Å². The van der Waals surface area contributed by atoms with E-state index in [0.717, 1.165) is 48.9 Å². The predicted molar refractivity (Wildman–Crippen MR) is 108 cm³/mol. The van der Waals surface area contributed by atoms with Gasteiger partial charge in [0.15, 0.2) is 11.6 Å². The molecule has 0 amide bonds. The van der Waals surface area contributed by atoms with Gasteiger partial charge in [0.25, 0.3) is 0 Å². The van der Waals surface area contributed by atoms with Crippen LogP contribution in [0.25, 0.3) is 10.9 Å². The average Bonchev–Trinajstić information content (AvgIpc) is 2.71. The van der Waals surface area contributed by atoms with E-state index in [1.807, 2.05) is 12.1 Å². The Kier molecular flexibility index (Phi) is 5.36. The summed E-state index contributed by atoms with van der Waals surface area (Å²) < 4.78 is 18.8. The maximum atomic E-state index is 13.7. The Hall–Kier alpha value is -2.77. The molecule has 0 bridgehead atoms. The van der Waals surface area contributed by atoms with Crippen LogP contribution in [0.2, 0.25) is 0 Å². The van der Waals surface area contributed by atoms with Crippen LogP contribution < -0.4 is 15.8 Å². The molecule has 3 aromatic rings. The van der Waals surface area contributed by atoms with Gasteiger partial charge in [-0.25, -0.2) is 14.4 Å². The zero-order valence-electron chi connectivity index (χ0n) is 15.9. The summed E-state index contributed by atoms with van der Waals surface area (Å²) in [6.07, 6.45) is 3.57. The molecule has 2 aromatic carbocycles. The van der Waals surface area contributed by atoms with Crippen LogP contribution >= 0.6 is 0 Å². The second-order valence-electron chi connectivity index (χ2n) is 7.12. The number of likely N-dealkylation sites (tertiary alicyclic amines) is 1. The fourth-order valence-corrected chi connectivity index (χ4v) is 3.63. The summed E-state index contributed by atoms with van der Waals surface area (Å²) in [5.41, 5.74) is 8.77. The lowest BCUT2D eigenvalue weighted by atomic mass is 10.0. The molecular formula is C21H24FN5O. The van der Waals surface area contributed by atoms with Crippen LogP contribution in [0.1, 0.15) is 18.4 Å². The minimum Gasteiger partial charge on any atom is -0.494 e. The van der Waals surface area contributed by atoms with Crippen LogP contribution in [0.4, 0.5) is 15.9 Å². The molecule has 0 unspecified atom stereocenters. The van der Waals surface area contributed by atoms with E-state index in [-0.39, 0.29) is 5.75 Å². The zero-order chi connectivity index (χ0) is 19.5. The van der Waals surface area contributed by atoms with E-state index in [0.29, 0.717) is 17.5 Å². The first-order valence-electron chi connectivity index (χ1n) is 9.45. The number of methoxy groups -OCH3 is 1. The number of aromatic nitrogens is 2. The summed E-state index contributed by atoms with van der Waals surface area (Å²) >= 11 is 0. The van der Waals surface area contributed by atoms with E-state index in [1.54, 1.807) is 12.1 Å². The molecule has 28 heavy (non-hydrogen) atoms. The first kappa shape index (κ1) is 18.6. The quantitative estimate of drug-likeness (QED) is 0.705. The lowest BCUT2D eigenvalue weighted by molar-refractivity contribution is 0.206. The van der Waals surface area contributed by atoms with E-state index in [4.69, 9.17) is 10.5 Å². The van der Waals surface area contributed by atoms with Crippen molar-refractivity contribution >= 4 is 22.4 Å². The first-order chi connectivity index (χ1) is 13.6. The Morgan fingerprint density at radius 2 is 2.04 bits per heavy atom. The maximum Gasteiger partial charge on any atom is 0.165 e.